The molecule has 1 unspecified atom stereocenters. The Balaban J connectivity index is 1.98. The van der Waals surface area contributed by atoms with Crippen LogP contribution in [0.4, 0.5) is 0 Å². The van der Waals surface area contributed by atoms with E-state index in [9.17, 15) is 4.79 Å². The quantitative estimate of drug-likeness (QED) is 0.806. The number of hydrogen-bond donors (Lipinski definition) is 2. The van der Waals surface area contributed by atoms with Gasteiger partial charge in [-0.05, 0) is 24.9 Å². The molecule has 0 saturated carbocycles. The predicted molar refractivity (Wildman–Crippen MR) is 76.6 cm³/mol. The number of benzene rings is 1. The standard InChI is InChI=1S/C15H23N3O/c1-2-9-17-15(14(16)19)8-10-18(12-15)11-13-6-4-3-5-7-13/h3-7,17H,2,8-12H2,1H3,(H2,16,19). The van der Waals surface area contributed by atoms with Gasteiger partial charge in [-0.2, -0.15) is 0 Å². The lowest BCUT2D eigenvalue weighted by atomic mass is 9.97. The molecule has 1 aromatic rings. The lowest BCUT2D eigenvalue weighted by Crippen LogP contribution is -2.57. The topological polar surface area (TPSA) is 58.4 Å². The minimum Gasteiger partial charge on any atom is -0.368 e. The number of hydrogen-bond acceptors (Lipinski definition) is 3. The third-order valence-electron chi connectivity index (χ3n) is 3.78. The summed E-state index contributed by atoms with van der Waals surface area (Å²) in [6.07, 6.45) is 1.81. The van der Waals surface area contributed by atoms with Gasteiger partial charge in [-0.15, -0.1) is 0 Å². The Bertz CT molecular complexity index is 421. The summed E-state index contributed by atoms with van der Waals surface area (Å²) in [4.78, 5) is 14.1. The van der Waals surface area contributed by atoms with E-state index in [2.05, 4.69) is 29.3 Å². The molecule has 1 amide bonds. The maximum absolute atomic E-state index is 11.8. The van der Waals surface area contributed by atoms with Crippen molar-refractivity contribution < 1.29 is 4.79 Å². The Kier molecular flexibility index (Phi) is 4.56. The summed E-state index contributed by atoms with van der Waals surface area (Å²) >= 11 is 0. The molecule has 1 heterocycles. The highest BCUT2D eigenvalue weighted by Crippen LogP contribution is 2.23. The first kappa shape index (κ1) is 14.0. The van der Waals surface area contributed by atoms with Crippen molar-refractivity contribution in [2.75, 3.05) is 19.6 Å². The molecule has 1 aromatic carbocycles. The van der Waals surface area contributed by atoms with E-state index in [1.807, 2.05) is 18.2 Å². The third-order valence-corrected chi connectivity index (χ3v) is 3.78. The van der Waals surface area contributed by atoms with Crippen LogP contribution in [0.15, 0.2) is 30.3 Å². The molecule has 4 nitrogen and oxygen atoms in total. The van der Waals surface area contributed by atoms with Crippen LogP contribution in [0, 0.1) is 0 Å². The minimum atomic E-state index is -0.537. The number of carbonyl (C=O) groups excluding carboxylic acids is 1. The highest BCUT2D eigenvalue weighted by atomic mass is 16.1. The largest absolute Gasteiger partial charge is 0.368 e. The molecule has 1 aliphatic rings. The fourth-order valence-corrected chi connectivity index (χ4v) is 2.66. The van der Waals surface area contributed by atoms with Gasteiger partial charge in [0, 0.05) is 19.6 Å². The van der Waals surface area contributed by atoms with E-state index >= 15 is 0 Å². The SMILES string of the molecule is CCCNC1(C(N)=O)CCN(Cc2ccccc2)C1. The molecule has 4 heteroatoms. The molecule has 104 valence electrons. The second-order valence-corrected chi connectivity index (χ2v) is 5.32. The van der Waals surface area contributed by atoms with Gasteiger partial charge in [0.15, 0.2) is 0 Å². The predicted octanol–water partition coefficient (Wildman–Crippen LogP) is 1.12. The van der Waals surface area contributed by atoms with Crippen LogP contribution in [-0.2, 0) is 11.3 Å². The zero-order valence-electron chi connectivity index (χ0n) is 11.6. The van der Waals surface area contributed by atoms with Gasteiger partial charge in [0.05, 0.1) is 0 Å². The van der Waals surface area contributed by atoms with Crippen LogP contribution in [0.25, 0.3) is 0 Å². The second-order valence-electron chi connectivity index (χ2n) is 5.32. The first-order valence-corrected chi connectivity index (χ1v) is 6.97. The van der Waals surface area contributed by atoms with Gasteiger partial charge in [0.2, 0.25) is 5.91 Å². The molecule has 1 aliphatic heterocycles. The number of carbonyl (C=O) groups is 1. The molecule has 1 atom stereocenters. The van der Waals surface area contributed by atoms with Crippen molar-refractivity contribution in [1.82, 2.24) is 10.2 Å². The van der Waals surface area contributed by atoms with Crippen LogP contribution in [-0.4, -0.2) is 36.0 Å². The van der Waals surface area contributed by atoms with Crippen molar-refractivity contribution in [3.8, 4) is 0 Å². The Morgan fingerprint density at radius 1 is 1.42 bits per heavy atom. The highest BCUT2D eigenvalue weighted by Gasteiger charge is 2.42. The van der Waals surface area contributed by atoms with Gasteiger partial charge in [-0.25, -0.2) is 0 Å². The van der Waals surface area contributed by atoms with E-state index in [4.69, 9.17) is 5.73 Å². The highest BCUT2D eigenvalue weighted by molar-refractivity contribution is 5.85. The Labute approximate surface area is 115 Å². The van der Waals surface area contributed by atoms with Crippen LogP contribution >= 0.6 is 0 Å². The zero-order valence-corrected chi connectivity index (χ0v) is 11.6. The average Bonchev–Trinajstić information content (AvgIpc) is 2.82. The van der Waals surface area contributed by atoms with E-state index in [1.54, 1.807) is 0 Å². The molecule has 0 bridgehead atoms. The molecule has 2 rings (SSSR count). The summed E-state index contributed by atoms with van der Waals surface area (Å²) in [6.45, 7) is 5.43. The van der Waals surface area contributed by atoms with Crippen LogP contribution in [0.2, 0.25) is 0 Å². The Morgan fingerprint density at radius 2 is 2.16 bits per heavy atom. The van der Waals surface area contributed by atoms with Gasteiger partial charge >= 0.3 is 0 Å². The van der Waals surface area contributed by atoms with E-state index in [-0.39, 0.29) is 5.91 Å². The smallest absolute Gasteiger partial charge is 0.239 e. The van der Waals surface area contributed by atoms with Gasteiger partial charge in [-0.1, -0.05) is 37.3 Å². The van der Waals surface area contributed by atoms with Crippen molar-refractivity contribution in [3.05, 3.63) is 35.9 Å². The Hall–Kier alpha value is -1.39. The molecule has 19 heavy (non-hydrogen) atoms. The fourth-order valence-electron chi connectivity index (χ4n) is 2.66. The average molecular weight is 261 g/mol. The molecule has 1 fully saturated rings. The fraction of sp³-hybridized carbons (Fsp3) is 0.533. The summed E-state index contributed by atoms with van der Waals surface area (Å²) in [5, 5.41) is 3.34. The molecule has 0 aromatic heterocycles. The van der Waals surface area contributed by atoms with Gasteiger partial charge in [0.1, 0.15) is 5.54 Å². The summed E-state index contributed by atoms with van der Waals surface area (Å²) in [7, 11) is 0. The van der Waals surface area contributed by atoms with E-state index in [0.717, 1.165) is 32.5 Å². The molecule has 0 aliphatic carbocycles. The number of likely N-dealkylation sites (tertiary alicyclic amines) is 1. The van der Waals surface area contributed by atoms with Crippen molar-refractivity contribution >= 4 is 5.91 Å². The van der Waals surface area contributed by atoms with Crippen LogP contribution in [0.5, 0.6) is 0 Å². The van der Waals surface area contributed by atoms with Crippen molar-refractivity contribution in [1.29, 1.82) is 0 Å². The monoisotopic (exact) mass is 261 g/mol. The number of nitrogens with one attached hydrogen (secondary N) is 1. The summed E-state index contributed by atoms with van der Waals surface area (Å²) in [5.74, 6) is -0.225. The number of amides is 1. The number of rotatable bonds is 6. The molecular weight excluding hydrogens is 238 g/mol. The maximum atomic E-state index is 11.8. The molecular formula is C15H23N3O. The van der Waals surface area contributed by atoms with E-state index in [0.29, 0.717) is 6.54 Å². The molecule has 0 spiro atoms. The number of nitrogens with two attached hydrogens (primary N) is 1. The van der Waals surface area contributed by atoms with Crippen LogP contribution in [0.1, 0.15) is 25.3 Å². The Morgan fingerprint density at radius 3 is 2.79 bits per heavy atom. The van der Waals surface area contributed by atoms with E-state index in [1.165, 1.54) is 5.56 Å². The zero-order chi connectivity index (χ0) is 13.7. The lowest BCUT2D eigenvalue weighted by molar-refractivity contribution is -0.124. The van der Waals surface area contributed by atoms with Gasteiger partial charge in [0.25, 0.3) is 0 Å². The summed E-state index contributed by atoms with van der Waals surface area (Å²) in [6, 6.07) is 10.3. The first-order chi connectivity index (χ1) is 9.16. The lowest BCUT2D eigenvalue weighted by Gasteiger charge is -2.27. The van der Waals surface area contributed by atoms with Crippen molar-refractivity contribution in [2.24, 2.45) is 5.73 Å². The number of nitrogens with zero attached hydrogens (tertiary/aromatic N) is 1. The maximum Gasteiger partial charge on any atom is 0.239 e. The van der Waals surface area contributed by atoms with Crippen molar-refractivity contribution in [3.63, 3.8) is 0 Å². The van der Waals surface area contributed by atoms with Gasteiger partial charge < -0.3 is 11.1 Å². The third kappa shape index (κ3) is 3.33. The van der Waals surface area contributed by atoms with E-state index < -0.39 is 5.54 Å². The van der Waals surface area contributed by atoms with Gasteiger partial charge in [-0.3, -0.25) is 9.69 Å². The molecule has 1 saturated heterocycles. The molecule has 0 radical (unpaired) electrons. The summed E-state index contributed by atoms with van der Waals surface area (Å²) in [5.41, 5.74) is 6.34. The normalized spacial score (nSPS) is 23.6. The van der Waals surface area contributed by atoms with Crippen LogP contribution in [0.3, 0.4) is 0 Å². The second kappa shape index (κ2) is 6.17. The summed E-state index contributed by atoms with van der Waals surface area (Å²) < 4.78 is 0. The van der Waals surface area contributed by atoms with Crippen molar-refractivity contribution in [2.45, 2.75) is 31.8 Å². The minimum absolute atomic E-state index is 0.225. The number of primary amides is 1. The molecule has 3 N–H and O–H groups in total. The first-order valence-electron chi connectivity index (χ1n) is 6.97. The van der Waals surface area contributed by atoms with Crippen LogP contribution < -0.4 is 11.1 Å².